The highest BCUT2D eigenvalue weighted by Gasteiger charge is 2.22. The molecule has 3 rings (SSSR count). The zero-order valence-corrected chi connectivity index (χ0v) is 12.0. The van der Waals surface area contributed by atoms with Gasteiger partial charge in [0.2, 0.25) is 0 Å². The third-order valence-electron chi connectivity index (χ3n) is 4.88. The van der Waals surface area contributed by atoms with Crippen molar-refractivity contribution in [2.24, 2.45) is 0 Å². The summed E-state index contributed by atoms with van der Waals surface area (Å²) in [5.74, 6) is 0.682. The highest BCUT2D eigenvalue weighted by atomic mass is 15.1. The molecule has 2 aliphatic rings. The van der Waals surface area contributed by atoms with Gasteiger partial charge in [-0.3, -0.25) is 0 Å². The standard InChI is InChI=1S/C16H27N3/c1-2-4-8-15(9-5-3-1)19-13-18-12-16(19)14-7-6-10-17-11-14/h12-15,17H,1-11H2. The van der Waals surface area contributed by atoms with Crippen molar-refractivity contribution in [1.29, 1.82) is 0 Å². The van der Waals surface area contributed by atoms with Crippen LogP contribution in [0.25, 0.3) is 0 Å². The third kappa shape index (κ3) is 3.19. The van der Waals surface area contributed by atoms with Crippen LogP contribution in [0.15, 0.2) is 12.5 Å². The average Bonchev–Trinajstić information content (AvgIpc) is 2.88. The summed E-state index contributed by atoms with van der Waals surface area (Å²) < 4.78 is 2.52. The van der Waals surface area contributed by atoms with Crippen molar-refractivity contribution in [2.45, 2.75) is 69.7 Å². The van der Waals surface area contributed by atoms with Gasteiger partial charge >= 0.3 is 0 Å². The molecule has 2 heterocycles. The van der Waals surface area contributed by atoms with Gasteiger partial charge in [-0.2, -0.15) is 0 Å². The van der Waals surface area contributed by atoms with Crippen molar-refractivity contribution in [1.82, 2.24) is 14.9 Å². The van der Waals surface area contributed by atoms with Crippen molar-refractivity contribution in [3.63, 3.8) is 0 Å². The Hall–Kier alpha value is -0.830. The molecule has 1 N–H and O–H groups in total. The van der Waals surface area contributed by atoms with E-state index in [-0.39, 0.29) is 0 Å². The van der Waals surface area contributed by atoms with Gasteiger partial charge in [0.15, 0.2) is 0 Å². The quantitative estimate of drug-likeness (QED) is 0.881. The molecule has 0 amide bonds. The molecule has 1 saturated heterocycles. The largest absolute Gasteiger partial charge is 0.331 e. The molecule has 1 aromatic heterocycles. The molecule has 2 fully saturated rings. The van der Waals surface area contributed by atoms with Crippen LogP contribution in [0.5, 0.6) is 0 Å². The Morgan fingerprint density at radius 2 is 1.79 bits per heavy atom. The molecule has 1 atom stereocenters. The van der Waals surface area contributed by atoms with Gasteiger partial charge in [-0.15, -0.1) is 0 Å². The van der Waals surface area contributed by atoms with Crippen molar-refractivity contribution in [2.75, 3.05) is 13.1 Å². The number of piperidine rings is 1. The maximum atomic E-state index is 4.46. The zero-order valence-electron chi connectivity index (χ0n) is 12.0. The number of aromatic nitrogens is 2. The van der Waals surface area contributed by atoms with Crippen molar-refractivity contribution < 1.29 is 0 Å². The van der Waals surface area contributed by atoms with Gasteiger partial charge in [-0.1, -0.05) is 32.1 Å². The molecule has 0 spiro atoms. The smallest absolute Gasteiger partial charge is 0.0950 e. The second kappa shape index (κ2) is 6.56. The van der Waals surface area contributed by atoms with Crippen LogP contribution in [0, 0.1) is 0 Å². The lowest BCUT2D eigenvalue weighted by Gasteiger charge is -2.28. The monoisotopic (exact) mass is 261 g/mol. The second-order valence-corrected chi connectivity index (χ2v) is 6.27. The fraction of sp³-hybridized carbons (Fsp3) is 0.812. The first kappa shape index (κ1) is 13.2. The van der Waals surface area contributed by atoms with Gasteiger partial charge in [0.25, 0.3) is 0 Å². The molecule has 3 heteroatoms. The summed E-state index contributed by atoms with van der Waals surface area (Å²) in [5, 5.41) is 3.53. The molecular weight excluding hydrogens is 234 g/mol. The lowest BCUT2D eigenvalue weighted by atomic mass is 9.93. The van der Waals surface area contributed by atoms with Gasteiger partial charge < -0.3 is 9.88 Å². The minimum absolute atomic E-state index is 0.682. The van der Waals surface area contributed by atoms with Crippen LogP contribution < -0.4 is 5.32 Å². The minimum atomic E-state index is 0.682. The summed E-state index contributed by atoms with van der Waals surface area (Å²) in [4.78, 5) is 4.46. The van der Waals surface area contributed by atoms with Gasteiger partial charge in [0.05, 0.1) is 6.33 Å². The molecule has 0 radical (unpaired) electrons. The molecule has 1 aromatic rings. The Morgan fingerprint density at radius 1 is 1.00 bits per heavy atom. The summed E-state index contributed by atoms with van der Waals surface area (Å²) >= 11 is 0. The summed E-state index contributed by atoms with van der Waals surface area (Å²) in [7, 11) is 0. The fourth-order valence-corrected chi connectivity index (χ4v) is 3.75. The number of imidazole rings is 1. The van der Waals surface area contributed by atoms with Crippen LogP contribution in [0.4, 0.5) is 0 Å². The molecule has 1 unspecified atom stereocenters. The topological polar surface area (TPSA) is 29.9 Å². The number of hydrogen-bond acceptors (Lipinski definition) is 2. The molecule has 0 bridgehead atoms. The van der Waals surface area contributed by atoms with Crippen molar-refractivity contribution in [3.8, 4) is 0 Å². The van der Waals surface area contributed by atoms with E-state index in [0.29, 0.717) is 12.0 Å². The molecule has 3 nitrogen and oxygen atoms in total. The lowest BCUT2D eigenvalue weighted by molar-refractivity contribution is 0.350. The fourth-order valence-electron chi connectivity index (χ4n) is 3.75. The van der Waals surface area contributed by atoms with E-state index in [1.165, 1.54) is 70.0 Å². The van der Waals surface area contributed by atoms with E-state index >= 15 is 0 Å². The number of hydrogen-bond donors (Lipinski definition) is 1. The number of rotatable bonds is 2. The predicted octanol–water partition coefficient (Wildman–Crippen LogP) is 3.64. The highest BCUT2D eigenvalue weighted by molar-refractivity contribution is 5.09. The van der Waals surface area contributed by atoms with Gasteiger partial charge in [0, 0.05) is 30.4 Å². The molecule has 19 heavy (non-hydrogen) atoms. The Labute approximate surface area is 116 Å². The van der Waals surface area contributed by atoms with Crippen LogP contribution in [-0.2, 0) is 0 Å². The molecular formula is C16H27N3. The maximum absolute atomic E-state index is 4.46. The van der Waals surface area contributed by atoms with E-state index in [1.807, 2.05) is 0 Å². The van der Waals surface area contributed by atoms with Crippen LogP contribution in [0.3, 0.4) is 0 Å². The minimum Gasteiger partial charge on any atom is -0.331 e. The van der Waals surface area contributed by atoms with E-state index in [4.69, 9.17) is 0 Å². The summed E-state index contributed by atoms with van der Waals surface area (Å²) in [6.45, 7) is 2.33. The molecule has 1 aliphatic heterocycles. The first-order chi connectivity index (χ1) is 9.45. The zero-order chi connectivity index (χ0) is 12.9. The number of nitrogens with one attached hydrogen (secondary N) is 1. The summed E-state index contributed by atoms with van der Waals surface area (Å²) in [5.41, 5.74) is 1.48. The lowest BCUT2D eigenvalue weighted by Crippen LogP contribution is -2.30. The second-order valence-electron chi connectivity index (χ2n) is 6.27. The van der Waals surface area contributed by atoms with Gasteiger partial charge in [-0.05, 0) is 32.2 Å². The van der Waals surface area contributed by atoms with Gasteiger partial charge in [-0.25, -0.2) is 4.98 Å². The highest BCUT2D eigenvalue weighted by Crippen LogP contribution is 2.31. The first-order valence-electron chi connectivity index (χ1n) is 8.17. The van der Waals surface area contributed by atoms with E-state index in [2.05, 4.69) is 27.4 Å². The molecule has 1 aliphatic carbocycles. The summed E-state index contributed by atoms with van der Waals surface area (Å²) in [6, 6.07) is 0.708. The first-order valence-corrected chi connectivity index (χ1v) is 8.17. The van der Waals surface area contributed by atoms with E-state index < -0.39 is 0 Å². The van der Waals surface area contributed by atoms with Crippen molar-refractivity contribution in [3.05, 3.63) is 18.2 Å². The van der Waals surface area contributed by atoms with E-state index in [1.54, 1.807) is 0 Å². The normalized spacial score (nSPS) is 26.8. The Morgan fingerprint density at radius 3 is 2.53 bits per heavy atom. The van der Waals surface area contributed by atoms with Crippen LogP contribution >= 0.6 is 0 Å². The number of nitrogens with zero attached hydrogens (tertiary/aromatic N) is 2. The molecule has 1 saturated carbocycles. The average molecular weight is 261 g/mol. The van der Waals surface area contributed by atoms with E-state index in [9.17, 15) is 0 Å². The summed E-state index contributed by atoms with van der Waals surface area (Å²) in [6.07, 6.45) is 16.6. The maximum Gasteiger partial charge on any atom is 0.0950 e. The molecule has 106 valence electrons. The predicted molar refractivity (Wildman–Crippen MR) is 78.4 cm³/mol. The van der Waals surface area contributed by atoms with Gasteiger partial charge in [0.1, 0.15) is 0 Å². The third-order valence-corrected chi connectivity index (χ3v) is 4.88. The van der Waals surface area contributed by atoms with Crippen molar-refractivity contribution >= 4 is 0 Å². The van der Waals surface area contributed by atoms with Crippen LogP contribution in [0.2, 0.25) is 0 Å². The van der Waals surface area contributed by atoms with Crippen LogP contribution in [-0.4, -0.2) is 22.6 Å². The Balaban J connectivity index is 1.73. The SMILES string of the molecule is c1ncn(C2CCCCCCC2)c1C1CCCNC1. The Kier molecular flexibility index (Phi) is 4.54. The van der Waals surface area contributed by atoms with Crippen LogP contribution in [0.1, 0.15) is 75.4 Å². The van der Waals surface area contributed by atoms with E-state index in [0.717, 1.165) is 6.54 Å². The Bertz CT molecular complexity index is 371. The molecule has 0 aromatic carbocycles.